The summed E-state index contributed by atoms with van der Waals surface area (Å²) < 4.78 is 22.8. The van der Waals surface area contributed by atoms with Crippen molar-refractivity contribution in [3.63, 3.8) is 0 Å². The highest BCUT2D eigenvalue weighted by molar-refractivity contribution is 7.45. The van der Waals surface area contributed by atoms with Crippen LogP contribution in [-0.4, -0.2) is 68.5 Å². The summed E-state index contributed by atoms with van der Waals surface area (Å²) in [4.78, 5) is 24.8. The molecule has 0 rings (SSSR count). The average Bonchev–Trinajstić information content (AvgIpc) is 2.84. The molecular formula is C29H57N2O6P. The number of phosphoric ester groups is 1. The highest BCUT2D eigenvalue weighted by Crippen LogP contribution is 2.38. The van der Waals surface area contributed by atoms with Crippen LogP contribution in [-0.2, 0) is 18.4 Å². The van der Waals surface area contributed by atoms with E-state index in [2.05, 4.69) is 31.3 Å². The van der Waals surface area contributed by atoms with Gasteiger partial charge in [0.25, 0.3) is 7.82 Å². The number of quaternary nitrogens is 1. The highest BCUT2D eigenvalue weighted by atomic mass is 31.2. The number of aliphatic hydroxyl groups is 1. The Morgan fingerprint density at radius 3 is 2.11 bits per heavy atom. The first-order chi connectivity index (χ1) is 18.0. The molecule has 0 saturated carbocycles. The topological polar surface area (TPSA) is 108 Å². The van der Waals surface area contributed by atoms with E-state index < -0.39 is 26.6 Å². The van der Waals surface area contributed by atoms with Crippen LogP contribution in [0.25, 0.3) is 0 Å². The van der Waals surface area contributed by atoms with Gasteiger partial charge in [0.2, 0.25) is 5.91 Å². The zero-order valence-electron chi connectivity index (χ0n) is 24.9. The van der Waals surface area contributed by atoms with Crippen molar-refractivity contribution in [2.45, 2.75) is 116 Å². The van der Waals surface area contributed by atoms with Crippen molar-refractivity contribution in [3.05, 3.63) is 24.3 Å². The van der Waals surface area contributed by atoms with Gasteiger partial charge in [-0.2, -0.15) is 0 Å². The lowest BCUT2D eigenvalue weighted by molar-refractivity contribution is -0.870. The lowest BCUT2D eigenvalue weighted by atomic mass is 10.1. The van der Waals surface area contributed by atoms with Crippen LogP contribution < -0.4 is 10.2 Å². The van der Waals surface area contributed by atoms with Crippen LogP contribution in [0.3, 0.4) is 0 Å². The molecule has 0 bridgehead atoms. The quantitative estimate of drug-likeness (QED) is 0.0646. The Kier molecular flexibility index (Phi) is 22.1. The number of carbonyl (C=O) groups excluding carboxylic acids is 1. The van der Waals surface area contributed by atoms with Gasteiger partial charge in [-0.3, -0.25) is 9.36 Å². The molecular weight excluding hydrogens is 503 g/mol. The van der Waals surface area contributed by atoms with Crippen molar-refractivity contribution in [2.24, 2.45) is 0 Å². The highest BCUT2D eigenvalue weighted by Gasteiger charge is 2.23. The van der Waals surface area contributed by atoms with Crippen LogP contribution in [0.4, 0.5) is 0 Å². The average molecular weight is 561 g/mol. The lowest BCUT2D eigenvalue weighted by Crippen LogP contribution is -2.45. The second-order valence-corrected chi connectivity index (χ2v) is 12.5. The molecule has 0 aromatic carbocycles. The Hall–Kier alpha value is -1.02. The van der Waals surface area contributed by atoms with E-state index in [-0.39, 0.29) is 12.5 Å². The second kappa shape index (κ2) is 22.8. The summed E-state index contributed by atoms with van der Waals surface area (Å²) in [6.07, 6.45) is 21.0. The molecule has 0 heterocycles. The summed E-state index contributed by atoms with van der Waals surface area (Å²) in [5, 5.41) is 13.5. The number of amides is 1. The van der Waals surface area contributed by atoms with Gasteiger partial charge in [-0.05, 0) is 25.7 Å². The molecule has 1 amide bonds. The minimum absolute atomic E-state index is 0.00597. The Bertz CT molecular complexity index is 693. The van der Waals surface area contributed by atoms with Gasteiger partial charge in [0.05, 0.1) is 39.9 Å². The number of nitrogens with zero attached hydrogens (tertiary/aromatic N) is 1. The standard InChI is InChI=1S/C29H57N2O6P/c1-6-8-10-12-14-16-18-20-22-28(32)27(26-37-38(34,35)36-25-24-31(3,4)5)30-29(33)23-21-19-17-15-13-11-9-7-2/h12,14,20,22,27-28,32H,6-11,13,15-19,21,23-26H2,1-5H3,(H-,30,33,34,35)/b14-12+,22-20+. The molecule has 2 N–H and O–H groups in total. The van der Waals surface area contributed by atoms with Crippen molar-refractivity contribution in [1.82, 2.24) is 5.32 Å². The maximum atomic E-state index is 12.5. The van der Waals surface area contributed by atoms with Gasteiger partial charge in [-0.25, -0.2) is 0 Å². The smallest absolute Gasteiger partial charge is 0.268 e. The van der Waals surface area contributed by atoms with Crippen LogP contribution in [0, 0.1) is 0 Å². The van der Waals surface area contributed by atoms with E-state index in [4.69, 9.17) is 9.05 Å². The van der Waals surface area contributed by atoms with E-state index in [9.17, 15) is 19.4 Å². The summed E-state index contributed by atoms with van der Waals surface area (Å²) in [5.41, 5.74) is 0. The van der Waals surface area contributed by atoms with Gasteiger partial charge in [-0.15, -0.1) is 0 Å². The second-order valence-electron chi connectivity index (χ2n) is 11.1. The molecule has 0 radical (unpaired) electrons. The number of nitrogens with one attached hydrogen (secondary N) is 1. The molecule has 8 nitrogen and oxygen atoms in total. The first-order valence-corrected chi connectivity index (χ1v) is 16.2. The Morgan fingerprint density at radius 1 is 0.895 bits per heavy atom. The maximum absolute atomic E-state index is 12.5. The number of likely N-dealkylation sites (N-methyl/N-ethyl adjacent to an activating group) is 1. The predicted molar refractivity (Wildman–Crippen MR) is 155 cm³/mol. The van der Waals surface area contributed by atoms with E-state index in [1.54, 1.807) is 6.08 Å². The van der Waals surface area contributed by atoms with Gasteiger partial charge < -0.3 is 28.8 Å². The first kappa shape index (κ1) is 37.0. The van der Waals surface area contributed by atoms with Crippen molar-refractivity contribution in [3.8, 4) is 0 Å². The van der Waals surface area contributed by atoms with E-state index in [0.717, 1.165) is 38.5 Å². The van der Waals surface area contributed by atoms with Crippen LogP contribution >= 0.6 is 7.82 Å². The molecule has 0 aromatic rings. The number of unbranched alkanes of at least 4 members (excludes halogenated alkanes) is 10. The predicted octanol–water partition coefficient (Wildman–Crippen LogP) is 5.65. The number of phosphoric acid groups is 1. The Labute approximate surface area is 233 Å². The molecule has 0 aliphatic heterocycles. The number of aliphatic hydroxyl groups excluding tert-OH is 1. The van der Waals surface area contributed by atoms with Crippen molar-refractivity contribution in [1.29, 1.82) is 0 Å². The van der Waals surface area contributed by atoms with Gasteiger partial charge in [0, 0.05) is 6.42 Å². The van der Waals surface area contributed by atoms with Gasteiger partial charge in [-0.1, -0.05) is 95.9 Å². The van der Waals surface area contributed by atoms with E-state index in [1.807, 2.05) is 27.2 Å². The lowest BCUT2D eigenvalue weighted by Gasteiger charge is -2.29. The molecule has 0 aromatic heterocycles. The fraction of sp³-hybridized carbons (Fsp3) is 0.828. The summed E-state index contributed by atoms with van der Waals surface area (Å²) in [6, 6.07) is -0.892. The molecule has 0 aliphatic carbocycles. The molecule has 3 atom stereocenters. The summed E-state index contributed by atoms with van der Waals surface area (Å²) in [6.45, 7) is 4.46. The first-order valence-electron chi connectivity index (χ1n) is 14.7. The Balaban J connectivity index is 4.76. The zero-order chi connectivity index (χ0) is 28.7. The zero-order valence-corrected chi connectivity index (χ0v) is 25.8. The van der Waals surface area contributed by atoms with E-state index >= 15 is 0 Å². The van der Waals surface area contributed by atoms with Crippen molar-refractivity contribution < 1.29 is 32.9 Å². The normalized spacial score (nSPS) is 15.7. The minimum atomic E-state index is -4.56. The molecule has 0 fully saturated rings. The van der Waals surface area contributed by atoms with Gasteiger partial charge in [0.1, 0.15) is 13.2 Å². The number of rotatable bonds is 25. The van der Waals surface area contributed by atoms with Gasteiger partial charge in [0.15, 0.2) is 0 Å². The van der Waals surface area contributed by atoms with Crippen LogP contribution in [0.15, 0.2) is 24.3 Å². The third-order valence-electron chi connectivity index (χ3n) is 6.16. The Morgan fingerprint density at radius 2 is 1.47 bits per heavy atom. The van der Waals surface area contributed by atoms with Crippen LogP contribution in [0.5, 0.6) is 0 Å². The maximum Gasteiger partial charge on any atom is 0.268 e. The fourth-order valence-electron chi connectivity index (χ4n) is 3.68. The molecule has 0 spiro atoms. The molecule has 0 aliphatic rings. The van der Waals surface area contributed by atoms with Crippen LogP contribution in [0.1, 0.15) is 104 Å². The fourth-order valence-corrected chi connectivity index (χ4v) is 4.40. The number of hydrogen-bond donors (Lipinski definition) is 2. The molecule has 38 heavy (non-hydrogen) atoms. The summed E-state index contributed by atoms with van der Waals surface area (Å²) in [7, 11) is 1.23. The van der Waals surface area contributed by atoms with Crippen molar-refractivity contribution >= 4 is 13.7 Å². The van der Waals surface area contributed by atoms with Crippen LogP contribution in [0.2, 0.25) is 0 Å². The summed E-state index contributed by atoms with van der Waals surface area (Å²) >= 11 is 0. The largest absolute Gasteiger partial charge is 0.756 e. The third kappa shape index (κ3) is 24.1. The van der Waals surface area contributed by atoms with E-state index in [0.29, 0.717) is 17.4 Å². The molecule has 0 saturated heterocycles. The number of hydrogen-bond acceptors (Lipinski definition) is 6. The van der Waals surface area contributed by atoms with Crippen molar-refractivity contribution in [2.75, 3.05) is 40.9 Å². The monoisotopic (exact) mass is 560 g/mol. The van der Waals surface area contributed by atoms with E-state index in [1.165, 1.54) is 44.9 Å². The number of allylic oxidation sites excluding steroid dienone is 3. The summed E-state index contributed by atoms with van der Waals surface area (Å²) in [5.74, 6) is -0.220. The molecule has 224 valence electrons. The SMILES string of the molecule is CCCC/C=C/CC/C=C/C(O)C(COP(=O)([O-])OCC[N+](C)(C)C)NC(=O)CCCCCCCCCC. The molecule has 9 heteroatoms. The number of carbonyl (C=O) groups is 1. The molecule has 3 unspecified atom stereocenters. The minimum Gasteiger partial charge on any atom is -0.756 e. The van der Waals surface area contributed by atoms with Gasteiger partial charge >= 0.3 is 0 Å². The third-order valence-corrected chi connectivity index (χ3v) is 7.13.